The monoisotopic (exact) mass is 661 g/mol. The molecule has 5 aromatic rings. The fraction of sp³-hybridized carbons (Fsp3) is 0.189. The lowest BCUT2D eigenvalue weighted by Crippen LogP contribution is -2.29. The highest BCUT2D eigenvalue weighted by molar-refractivity contribution is 8.00. The van der Waals surface area contributed by atoms with Crippen molar-refractivity contribution in [1.29, 1.82) is 0 Å². The third kappa shape index (κ3) is 6.39. The molecule has 0 aliphatic carbocycles. The maximum absolute atomic E-state index is 13.8. The van der Waals surface area contributed by atoms with E-state index in [-0.39, 0.29) is 22.6 Å². The summed E-state index contributed by atoms with van der Waals surface area (Å²) in [6.07, 6.45) is 0.699. The van der Waals surface area contributed by atoms with Crippen LogP contribution < -0.4 is 14.4 Å². The molecule has 1 N–H and O–H groups in total. The highest BCUT2D eigenvalue weighted by Crippen LogP contribution is 2.45. The van der Waals surface area contributed by atoms with Crippen LogP contribution in [0.5, 0.6) is 11.5 Å². The largest absolute Gasteiger partial charge is 0.507 e. The molecule has 8 nitrogen and oxygen atoms in total. The van der Waals surface area contributed by atoms with Gasteiger partial charge in [0.1, 0.15) is 30.0 Å². The van der Waals surface area contributed by atoms with Gasteiger partial charge in [-0.25, -0.2) is 0 Å². The number of fused-ring (bicyclic) bond motifs is 1. The molecule has 1 aromatic heterocycles. The minimum absolute atomic E-state index is 0.0158. The molecule has 1 saturated heterocycles. The number of thioether (sulfide) groups is 1. The molecular weight excluding hydrogens is 631 g/mol. The van der Waals surface area contributed by atoms with Gasteiger partial charge in [0, 0.05) is 17.7 Å². The number of aliphatic hydroxyl groups excluding tert-OH is 1. The summed E-state index contributed by atoms with van der Waals surface area (Å²) < 4.78 is 12.6. The lowest BCUT2D eigenvalue weighted by atomic mass is 9.94. The molecule has 2 atom stereocenters. The van der Waals surface area contributed by atoms with E-state index in [1.165, 1.54) is 33.6 Å². The first-order chi connectivity index (χ1) is 22.8. The number of aliphatic hydroxyl groups is 1. The van der Waals surface area contributed by atoms with Crippen LogP contribution >= 0.6 is 23.1 Å². The van der Waals surface area contributed by atoms with Crippen molar-refractivity contribution in [3.63, 3.8) is 0 Å². The Hall–Kier alpha value is -4.93. The van der Waals surface area contributed by atoms with Crippen molar-refractivity contribution >= 4 is 45.7 Å². The third-order valence-corrected chi connectivity index (χ3v) is 10.2. The highest BCUT2D eigenvalue weighted by atomic mass is 32.2. The highest BCUT2D eigenvalue weighted by Gasteiger charge is 2.48. The lowest BCUT2D eigenvalue weighted by Gasteiger charge is -2.23. The number of carbonyl (C=O) groups is 2. The number of ketones is 1. The molecule has 0 radical (unpaired) electrons. The number of amides is 1. The molecule has 7 rings (SSSR count). The van der Waals surface area contributed by atoms with Crippen molar-refractivity contribution in [2.24, 2.45) is 0 Å². The molecule has 0 bridgehead atoms. The number of ether oxygens (including phenoxy) is 2. The Kier molecular flexibility index (Phi) is 8.53. The standard InChI is InChI=1S/C37H31N3O5S2/c1-22-11-13-25(14-12-22)21-46-37-39-38-36(47-37)40-32(26-9-6-10-29(19-26)44-20-24-7-4-3-5-8-24)31(34(42)35(40)43)33(41)27-15-16-30-28(18-27)17-23(2)45-30/h3-16,18-19,23,32,41H,17,20-21H2,1-2H3/b33-31-. The van der Waals surface area contributed by atoms with Crippen molar-refractivity contribution in [1.82, 2.24) is 10.2 Å². The second-order valence-corrected chi connectivity index (χ2v) is 13.8. The summed E-state index contributed by atoms with van der Waals surface area (Å²) in [4.78, 5) is 28.9. The van der Waals surface area contributed by atoms with Gasteiger partial charge in [0.15, 0.2) is 4.34 Å². The van der Waals surface area contributed by atoms with Gasteiger partial charge in [-0.1, -0.05) is 95.4 Å². The lowest BCUT2D eigenvalue weighted by molar-refractivity contribution is -0.132. The SMILES string of the molecule is Cc1ccc(CSc2nnc(N3C(=O)C(=O)/C(=C(\O)c4ccc5c(c4)CC(C)O5)C3c3cccc(OCc4ccccc4)c3)s2)cc1. The van der Waals surface area contributed by atoms with Gasteiger partial charge in [-0.05, 0) is 66.4 Å². The minimum atomic E-state index is -0.957. The number of nitrogens with zero attached hydrogens (tertiary/aromatic N) is 3. The Morgan fingerprint density at radius 3 is 2.60 bits per heavy atom. The number of carbonyl (C=O) groups excluding carboxylic acids is 2. The molecule has 0 spiro atoms. The van der Waals surface area contributed by atoms with Gasteiger partial charge in [-0.3, -0.25) is 14.5 Å². The topological polar surface area (TPSA) is 102 Å². The molecular formula is C37H31N3O5S2. The van der Waals surface area contributed by atoms with E-state index in [4.69, 9.17) is 9.47 Å². The molecule has 2 aliphatic heterocycles. The van der Waals surface area contributed by atoms with Gasteiger partial charge in [-0.2, -0.15) is 0 Å². The summed E-state index contributed by atoms with van der Waals surface area (Å²) in [6, 6.07) is 29.7. The van der Waals surface area contributed by atoms with E-state index < -0.39 is 17.7 Å². The zero-order valence-corrected chi connectivity index (χ0v) is 27.4. The number of aryl methyl sites for hydroxylation is 1. The van der Waals surface area contributed by atoms with Crippen molar-refractivity contribution in [3.05, 3.63) is 136 Å². The smallest absolute Gasteiger partial charge is 0.301 e. The molecule has 0 saturated carbocycles. The average molecular weight is 662 g/mol. The first kappa shape index (κ1) is 30.7. The molecule has 4 aromatic carbocycles. The second-order valence-electron chi connectivity index (χ2n) is 11.6. The van der Waals surface area contributed by atoms with Crippen LogP contribution in [0.3, 0.4) is 0 Å². The first-order valence-corrected chi connectivity index (χ1v) is 17.0. The summed E-state index contributed by atoms with van der Waals surface area (Å²) in [5, 5.41) is 20.7. The fourth-order valence-electron chi connectivity index (χ4n) is 5.77. The van der Waals surface area contributed by atoms with E-state index in [1.807, 2.05) is 68.4 Å². The molecule has 2 aliphatic rings. The number of rotatable bonds is 9. The van der Waals surface area contributed by atoms with Crippen LogP contribution in [0.4, 0.5) is 5.13 Å². The van der Waals surface area contributed by atoms with E-state index >= 15 is 0 Å². The normalized spacial score (nSPS) is 18.3. The summed E-state index contributed by atoms with van der Waals surface area (Å²) in [5.74, 6) is 0.158. The summed E-state index contributed by atoms with van der Waals surface area (Å²) in [6.45, 7) is 4.37. The maximum atomic E-state index is 13.8. The van der Waals surface area contributed by atoms with E-state index in [2.05, 4.69) is 34.5 Å². The van der Waals surface area contributed by atoms with Gasteiger partial charge >= 0.3 is 5.91 Å². The number of hydrogen-bond acceptors (Lipinski definition) is 9. The van der Waals surface area contributed by atoms with Crippen LogP contribution in [0.15, 0.2) is 107 Å². The second kappa shape index (κ2) is 13.1. The number of Topliss-reactive ketones (excluding diaryl/α,β-unsaturated/α-hetero) is 1. The van der Waals surface area contributed by atoms with E-state index in [1.54, 1.807) is 18.2 Å². The predicted octanol–water partition coefficient (Wildman–Crippen LogP) is 7.67. The summed E-state index contributed by atoms with van der Waals surface area (Å²) in [5.41, 5.74) is 5.27. The van der Waals surface area contributed by atoms with Crippen molar-refractivity contribution < 1.29 is 24.2 Å². The Bertz CT molecular complexity index is 1990. The van der Waals surface area contributed by atoms with E-state index in [0.29, 0.717) is 40.0 Å². The van der Waals surface area contributed by atoms with Crippen LogP contribution in [-0.4, -0.2) is 33.1 Å². The molecule has 1 amide bonds. The van der Waals surface area contributed by atoms with Crippen molar-refractivity contribution in [2.45, 2.75) is 49.1 Å². The van der Waals surface area contributed by atoms with Gasteiger partial charge in [-0.15, -0.1) is 10.2 Å². The van der Waals surface area contributed by atoms with Gasteiger partial charge < -0.3 is 14.6 Å². The fourth-order valence-corrected chi connectivity index (χ4v) is 7.60. The zero-order chi connectivity index (χ0) is 32.5. The minimum Gasteiger partial charge on any atom is -0.507 e. The van der Waals surface area contributed by atoms with E-state index in [9.17, 15) is 14.7 Å². The number of hydrogen-bond donors (Lipinski definition) is 1. The Morgan fingerprint density at radius 2 is 1.79 bits per heavy atom. The quantitative estimate of drug-likeness (QED) is 0.0565. The zero-order valence-electron chi connectivity index (χ0n) is 25.8. The van der Waals surface area contributed by atoms with Gasteiger partial charge in [0.25, 0.3) is 5.78 Å². The number of anilines is 1. The summed E-state index contributed by atoms with van der Waals surface area (Å²) in [7, 11) is 0. The van der Waals surface area contributed by atoms with Gasteiger partial charge in [0.2, 0.25) is 5.13 Å². The average Bonchev–Trinajstić information content (AvgIpc) is 3.78. The van der Waals surface area contributed by atoms with Crippen LogP contribution in [0.1, 0.15) is 46.3 Å². The molecule has 2 unspecified atom stereocenters. The van der Waals surface area contributed by atoms with Gasteiger partial charge in [0.05, 0.1) is 11.6 Å². The Morgan fingerprint density at radius 1 is 0.979 bits per heavy atom. The van der Waals surface area contributed by atoms with Crippen molar-refractivity contribution in [3.8, 4) is 11.5 Å². The summed E-state index contributed by atoms with van der Waals surface area (Å²) >= 11 is 2.75. The van der Waals surface area contributed by atoms with E-state index in [0.717, 1.165) is 22.4 Å². The van der Waals surface area contributed by atoms with Crippen molar-refractivity contribution in [2.75, 3.05) is 4.90 Å². The molecule has 47 heavy (non-hydrogen) atoms. The molecule has 10 heteroatoms. The molecule has 1 fully saturated rings. The third-order valence-electron chi connectivity index (χ3n) is 8.12. The van der Waals surface area contributed by atoms with Crippen LogP contribution in [0.2, 0.25) is 0 Å². The number of benzene rings is 4. The molecule has 236 valence electrons. The Labute approximate surface area is 280 Å². The van der Waals surface area contributed by atoms with Crippen LogP contribution in [0.25, 0.3) is 5.76 Å². The predicted molar refractivity (Wildman–Crippen MR) is 183 cm³/mol. The van der Waals surface area contributed by atoms with Crippen LogP contribution in [0, 0.1) is 6.92 Å². The first-order valence-electron chi connectivity index (χ1n) is 15.2. The Balaban J connectivity index is 1.25. The maximum Gasteiger partial charge on any atom is 0.301 e. The molecule has 3 heterocycles. The van der Waals surface area contributed by atoms with Crippen LogP contribution in [-0.2, 0) is 28.4 Å². The number of aromatic nitrogens is 2.